The van der Waals surface area contributed by atoms with Gasteiger partial charge in [0, 0.05) is 42.8 Å². The summed E-state index contributed by atoms with van der Waals surface area (Å²) in [7, 11) is 1.77. The number of aliphatic imine (C=N–C) groups is 1. The fourth-order valence-electron chi connectivity index (χ4n) is 3.05. The Labute approximate surface area is 165 Å². The first-order valence-electron chi connectivity index (χ1n) is 8.89. The molecule has 1 saturated heterocycles. The quantitative estimate of drug-likeness (QED) is 0.372. The molecule has 1 fully saturated rings. The van der Waals surface area contributed by atoms with E-state index in [1.807, 2.05) is 12.1 Å². The highest BCUT2D eigenvalue weighted by Gasteiger charge is 2.20. The number of nitrogens with one attached hydrogen (secondary N) is 2. The van der Waals surface area contributed by atoms with Crippen LogP contribution in [0, 0.1) is 0 Å². The second kappa shape index (κ2) is 10.6. The number of piperidine rings is 1. The van der Waals surface area contributed by atoms with Gasteiger partial charge < -0.3 is 16.4 Å². The van der Waals surface area contributed by atoms with Crippen LogP contribution in [0.25, 0.3) is 0 Å². The van der Waals surface area contributed by atoms with Crippen molar-refractivity contribution in [3.8, 4) is 0 Å². The summed E-state index contributed by atoms with van der Waals surface area (Å²) in [6.07, 6.45) is 3.76. The van der Waals surface area contributed by atoms with Crippen LogP contribution in [-0.4, -0.2) is 56.0 Å². The minimum Gasteiger partial charge on any atom is -0.369 e. The summed E-state index contributed by atoms with van der Waals surface area (Å²) in [5, 5.41) is 8.16. The number of rotatable bonds is 7. The summed E-state index contributed by atoms with van der Waals surface area (Å²) < 4.78 is 0. The predicted molar refractivity (Wildman–Crippen MR) is 108 cm³/mol. The highest BCUT2D eigenvalue weighted by atomic mass is 35.5. The van der Waals surface area contributed by atoms with E-state index >= 15 is 0 Å². The molecule has 0 spiro atoms. The third-order valence-corrected chi connectivity index (χ3v) is 5.05. The van der Waals surface area contributed by atoms with Gasteiger partial charge in [0.2, 0.25) is 5.91 Å². The van der Waals surface area contributed by atoms with Crippen LogP contribution in [0.5, 0.6) is 0 Å². The summed E-state index contributed by atoms with van der Waals surface area (Å²) in [5.41, 5.74) is 6.35. The first-order chi connectivity index (χ1) is 12.5. The molecule has 0 aliphatic carbocycles. The normalized spacial score (nSPS) is 16.5. The number of guanidine groups is 1. The highest BCUT2D eigenvalue weighted by Crippen LogP contribution is 2.21. The second-order valence-corrected chi connectivity index (χ2v) is 7.34. The highest BCUT2D eigenvalue weighted by molar-refractivity contribution is 6.35. The molecule has 0 unspecified atom stereocenters. The lowest BCUT2D eigenvalue weighted by Crippen LogP contribution is -2.49. The van der Waals surface area contributed by atoms with Crippen LogP contribution in [0.4, 0.5) is 0 Å². The monoisotopic (exact) mass is 399 g/mol. The SMILES string of the molecule is CN=C(NCCCc1ccc(Cl)cc1Cl)NC1CCN(CC(N)=O)CC1. The first kappa shape index (κ1) is 20.8. The third kappa shape index (κ3) is 7.02. The Morgan fingerprint density at radius 3 is 2.69 bits per heavy atom. The fraction of sp³-hybridized carbons (Fsp3) is 0.556. The zero-order chi connectivity index (χ0) is 18.9. The molecular weight excluding hydrogens is 373 g/mol. The average Bonchev–Trinajstić information content (AvgIpc) is 2.60. The summed E-state index contributed by atoms with van der Waals surface area (Å²) in [6, 6.07) is 5.96. The third-order valence-electron chi connectivity index (χ3n) is 4.46. The van der Waals surface area contributed by atoms with E-state index < -0.39 is 0 Å². The topological polar surface area (TPSA) is 82.8 Å². The van der Waals surface area contributed by atoms with E-state index in [0.717, 1.165) is 56.8 Å². The van der Waals surface area contributed by atoms with E-state index in [2.05, 4.69) is 20.5 Å². The van der Waals surface area contributed by atoms with E-state index in [9.17, 15) is 4.79 Å². The van der Waals surface area contributed by atoms with Crippen LogP contribution >= 0.6 is 23.2 Å². The molecule has 4 N–H and O–H groups in total. The number of carbonyl (C=O) groups excluding carboxylic acids is 1. The van der Waals surface area contributed by atoms with E-state index in [4.69, 9.17) is 28.9 Å². The summed E-state index contributed by atoms with van der Waals surface area (Å²) in [4.78, 5) is 17.4. The standard InChI is InChI=1S/C18H27Cl2N5O/c1-22-18(24-15-6-9-25(10-7-15)12-17(21)26)23-8-2-3-13-4-5-14(19)11-16(13)20/h4-5,11,15H,2-3,6-10,12H2,1H3,(H2,21,26)(H2,22,23,24). The van der Waals surface area contributed by atoms with Gasteiger partial charge in [-0.25, -0.2) is 0 Å². The Balaban J connectivity index is 1.67. The van der Waals surface area contributed by atoms with Gasteiger partial charge in [-0.1, -0.05) is 29.3 Å². The first-order valence-corrected chi connectivity index (χ1v) is 9.65. The molecule has 1 aromatic carbocycles. The van der Waals surface area contributed by atoms with Crippen molar-refractivity contribution >= 4 is 35.1 Å². The van der Waals surface area contributed by atoms with Crippen molar-refractivity contribution in [3.63, 3.8) is 0 Å². The smallest absolute Gasteiger partial charge is 0.231 e. The molecule has 26 heavy (non-hydrogen) atoms. The molecule has 1 aromatic rings. The predicted octanol–water partition coefficient (Wildman–Crippen LogP) is 2.04. The van der Waals surface area contributed by atoms with Crippen LogP contribution in [0.3, 0.4) is 0 Å². The lowest BCUT2D eigenvalue weighted by Gasteiger charge is -2.32. The average molecular weight is 400 g/mol. The van der Waals surface area contributed by atoms with Crippen molar-refractivity contribution in [2.45, 2.75) is 31.7 Å². The van der Waals surface area contributed by atoms with E-state index in [1.54, 1.807) is 13.1 Å². The van der Waals surface area contributed by atoms with Crippen molar-refractivity contribution in [2.75, 3.05) is 33.2 Å². The number of amides is 1. The van der Waals surface area contributed by atoms with Crippen LogP contribution in [0.1, 0.15) is 24.8 Å². The van der Waals surface area contributed by atoms with Crippen molar-refractivity contribution in [2.24, 2.45) is 10.7 Å². The largest absolute Gasteiger partial charge is 0.369 e. The van der Waals surface area contributed by atoms with Gasteiger partial charge in [0.1, 0.15) is 0 Å². The number of nitrogens with two attached hydrogens (primary N) is 1. The van der Waals surface area contributed by atoms with Gasteiger partial charge in [-0.05, 0) is 43.4 Å². The Bertz CT molecular complexity index is 630. The van der Waals surface area contributed by atoms with Crippen LogP contribution in [-0.2, 0) is 11.2 Å². The van der Waals surface area contributed by atoms with Gasteiger partial charge >= 0.3 is 0 Å². The number of halogens is 2. The Morgan fingerprint density at radius 1 is 1.35 bits per heavy atom. The van der Waals surface area contributed by atoms with E-state index in [-0.39, 0.29) is 5.91 Å². The molecule has 0 atom stereocenters. The molecule has 6 nitrogen and oxygen atoms in total. The second-order valence-electron chi connectivity index (χ2n) is 6.50. The van der Waals surface area contributed by atoms with Crippen LogP contribution < -0.4 is 16.4 Å². The molecule has 1 aliphatic rings. The maximum atomic E-state index is 11.0. The van der Waals surface area contributed by atoms with Gasteiger partial charge in [0.05, 0.1) is 6.54 Å². The number of aryl methyl sites for hydroxylation is 1. The molecule has 0 radical (unpaired) electrons. The molecule has 1 aliphatic heterocycles. The number of carbonyl (C=O) groups is 1. The van der Waals surface area contributed by atoms with Crippen LogP contribution in [0.15, 0.2) is 23.2 Å². The summed E-state index contributed by atoms with van der Waals surface area (Å²) in [6.45, 7) is 2.88. The number of nitrogens with zero attached hydrogens (tertiary/aromatic N) is 2. The van der Waals surface area contributed by atoms with Crippen molar-refractivity contribution in [1.82, 2.24) is 15.5 Å². The van der Waals surface area contributed by atoms with Crippen molar-refractivity contribution in [1.29, 1.82) is 0 Å². The van der Waals surface area contributed by atoms with Crippen molar-refractivity contribution in [3.05, 3.63) is 33.8 Å². The summed E-state index contributed by atoms with van der Waals surface area (Å²) in [5.74, 6) is 0.537. The molecule has 8 heteroatoms. The Hall–Kier alpha value is -1.50. The molecule has 0 bridgehead atoms. The van der Waals surface area contributed by atoms with Gasteiger partial charge in [-0.15, -0.1) is 0 Å². The molecule has 1 heterocycles. The molecular formula is C18H27Cl2N5O. The van der Waals surface area contributed by atoms with Gasteiger partial charge in [-0.2, -0.15) is 0 Å². The maximum absolute atomic E-state index is 11.0. The molecule has 0 aromatic heterocycles. The van der Waals surface area contributed by atoms with Gasteiger partial charge in [0.15, 0.2) is 5.96 Å². The number of likely N-dealkylation sites (tertiary alicyclic amines) is 1. The van der Waals surface area contributed by atoms with E-state index in [0.29, 0.717) is 22.6 Å². The Morgan fingerprint density at radius 2 is 2.08 bits per heavy atom. The lowest BCUT2D eigenvalue weighted by molar-refractivity contribution is -0.119. The molecule has 0 saturated carbocycles. The molecule has 2 rings (SSSR count). The number of hydrogen-bond donors (Lipinski definition) is 3. The zero-order valence-corrected chi connectivity index (χ0v) is 16.6. The number of hydrogen-bond acceptors (Lipinski definition) is 3. The number of primary amides is 1. The fourth-order valence-corrected chi connectivity index (χ4v) is 3.56. The van der Waals surface area contributed by atoms with Crippen LogP contribution in [0.2, 0.25) is 10.0 Å². The number of benzene rings is 1. The summed E-state index contributed by atoms with van der Waals surface area (Å²) >= 11 is 12.1. The minimum atomic E-state index is -0.269. The Kier molecular flexibility index (Phi) is 8.48. The molecule has 144 valence electrons. The van der Waals surface area contributed by atoms with Gasteiger partial charge in [0.25, 0.3) is 0 Å². The maximum Gasteiger partial charge on any atom is 0.231 e. The lowest BCUT2D eigenvalue weighted by atomic mass is 10.1. The van der Waals surface area contributed by atoms with E-state index in [1.165, 1.54) is 0 Å². The minimum absolute atomic E-state index is 0.269. The zero-order valence-electron chi connectivity index (χ0n) is 15.1. The molecule has 1 amide bonds. The van der Waals surface area contributed by atoms with Crippen molar-refractivity contribution < 1.29 is 4.79 Å². The van der Waals surface area contributed by atoms with Gasteiger partial charge in [-0.3, -0.25) is 14.7 Å².